The Balaban J connectivity index is 1.37. The Morgan fingerprint density at radius 2 is 1.78 bits per heavy atom. The van der Waals surface area contributed by atoms with Gasteiger partial charge >= 0.3 is 0 Å². The lowest BCUT2D eigenvalue weighted by Crippen LogP contribution is -2.40. The fraction of sp³-hybridized carbons (Fsp3) is 0.545. The molecule has 0 atom stereocenters. The number of hydrogen-bond donors (Lipinski definition) is 0. The molecule has 144 valence electrons. The summed E-state index contributed by atoms with van der Waals surface area (Å²) >= 11 is 1.57. The first-order valence-corrected chi connectivity index (χ1v) is 10.9. The second-order valence-electron chi connectivity index (χ2n) is 7.76. The van der Waals surface area contributed by atoms with Crippen molar-refractivity contribution in [1.29, 1.82) is 0 Å². The number of hydrogen-bond acceptors (Lipinski definition) is 4. The minimum absolute atomic E-state index is 0.176. The lowest BCUT2D eigenvalue weighted by Gasteiger charge is -2.37. The van der Waals surface area contributed by atoms with Crippen molar-refractivity contribution in [3.05, 3.63) is 51.5 Å². The minimum atomic E-state index is 0.176. The van der Waals surface area contributed by atoms with E-state index < -0.39 is 0 Å². The quantitative estimate of drug-likeness (QED) is 0.788. The summed E-state index contributed by atoms with van der Waals surface area (Å²) < 4.78 is 5.50. The highest BCUT2D eigenvalue weighted by molar-refractivity contribution is 7.13. The van der Waals surface area contributed by atoms with Crippen LogP contribution in [0.3, 0.4) is 0 Å². The Labute approximate surface area is 165 Å². The highest BCUT2D eigenvalue weighted by atomic mass is 32.1. The molecule has 0 bridgehead atoms. The molecule has 0 unspecified atom stereocenters. The molecular weight excluding hydrogens is 356 g/mol. The number of carbonyl (C=O) groups is 1. The molecule has 1 aromatic heterocycles. The second kappa shape index (κ2) is 8.53. The van der Waals surface area contributed by atoms with E-state index in [0.717, 1.165) is 73.0 Å². The first kappa shape index (κ1) is 18.6. The topological polar surface area (TPSA) is 42.4 Å². The van der Waals surface area contributed by atoms with Crippen LogP contribution in [-0.4, -0.2) is 42.1 Å². The maximum absolute atomic E-state index is 13.0. The number of aromatic nitrogens is 1. The van der Waals surface area contributed by atoms with Crippen LogP contribution in [0.15, 0.2) is 30.3 Å². The third kappa shape index (κ3) is 4.41. The lowest BCUT2D eigenvalue weighted by molar-refractivity contribution is 0.0289. The predicted octanol–water partition coefficient (Wildman–Crippen LogP) is 4.32. The summed E-state index contributed by atoms with van der Waals surface area (Å²) in [7, 11) is 0. The van der Waals surface area contributed by atoms with Gasteiger partial charge in [0.05, 0.1) is 10.7 Å². The van der Waals surface area contributed by atoms with Gasteiger partial charge < -0.3 is 9.64 Å². The van der Waals surface area contributed by atoms with Crippen molar-refractivity contribution in [2.24, 2.45) is 11.8 Å². The lowest BCUT2D eigenvalue weighted by atomic mass is 9.80. The molecule has 1 aromatic carbocycles. The number of piperidine rings is 1. The van der Waals surface area contributed by atoms with Gasteiger partial charge in [-0.05, 0) is 50.0 Å². The van der Waals surface area contributed by atoms with Crippen LogP contribution in [0, 0.1) is 18.8 Å². The zero-order valence-corrected chi connectivity index (χ0v) is 16.8. The van der Waals surface area contributed by atoms with Gasteiger partial charge in [-0.15, -0.1) is 11.3 Å². The first-order chi connectivity index (χ1) is 13.2. The number of ether oxygens (including phenoxy) is 1. The van der Waals surface area contributed by atoms with Gasteiger partial charge in [0, 0.05) is 32.7 Å². The van der Waals surface area contributed by atoms with Gasteiger partial charge in [0.2, 0.25) is 0 Å². The van der Waals surface area contributed by atoms with Gasteiger partial charge in [-0.25, -0.2) is 4.98 Å². The number of benzene rings is 1. The molecule has 4 nitrogen and oxygen atoms in total. The van der Waals surface area contributed by atoms with Crippen molar-refractivity contribution >= 4 is 17.2 Å². The Bertz CT molecular complexity index is 760. The third-order valence-corrected chi connectivity index (χ3v) is 7.14. The first-order valence-electron chi connectivity index (χ1n) is 10.1. The van der Waals surface area contributed by atoms with Crippen LogP contribution < -0.4 is 0 Å². The zero-order valence-electron chi connectivity index (χ0n) is 16.0. The van der Waals surface area contributed by atoms with E-state index in [2.05, 4.69) is 17.1 Å². The van der Waals surface area contributed by atoms with Crippen LogP contribution in [0.5, 0.6) is 0 Å². The fourth-order valence-corrected chi connectivity index (χ4v) is 5.47. The average Bonchev–Trinajstić information content (AvgIpc) is 3.09. The fourth-order valence-electron chi connectivity index (χ4n) is 4.40. The van der Waals surface area contributed by atoms with E-state index in [4.69, 9.17) is 4.74 Å². The zero-order chi connectivity index (χ0) is 18.6. The highest BCUT2D eigenvalue weighted by Gasteiger charge is 2.31. The van der Waals surface area contributed by atoms with E-state index in [1.54, 1.807) is 11.3 Å². The number of nitrogens with zero attached hydrogens (tertiary/aromatic N) is 2. The highest BCUT2D eigenvalue weighted by Crippen LogP contribution is 2.33. The van der Waals surface area contributed by atoms with Gasteiger partial charge in [-0.3, -0.25) is 4.79 Å². The standard InChI is InChI=1S/C22H28N2O2S/c1-16-21(27-20(23-16)15-17-5-3-2-4-6-17)22(25)24-11-7-18(8-12-24)19-9-13-26-14-10-19/h2-6,18-19H,7-15H2,1H3. The Hall–Kier alpha value is -1.72. The molecule has 27 heavy (non-hydrogen) atoms. The van der Waals surface area contributed by atoms with Gasteiger partial charge in [0.25, 0.3) is 5.91 Å². The van der Waals surface area contributed by atoms with Gasteiger partial charge in [0.1, 0.15) is 4.88 Å². The van der Waals surface area contributed by atoms with Crippen molar-refractivity contribution in [2.45, 2.75) is 39.0 Å². The summed E-state index contributed by atoms with van der Waals surface area (Å²) in [4.78, 5) is 20.6. The monoisotopic (exact) mass is 384 g/mol. The molecule has 0 radical (unpaired) electrons. The molecule has 2 fully saturated rings. The molecule has 0 spiro atoms. The predicted molar refractivity (Wildman–Crippen MR) is 108 cm³/mol. The normalized spacial score (nSPS) is 19.4. The van der Waals surface area contributed by atoms with Crippen LogP contribution in [-0.2, 0) is 11.2 Å². The van der Waals surface area contributed by atoms with Crippen molar-refractivity contribution < 1.29 is 9.53 Å². The molecule has 2 aromatic rings. The Kier molecular flexibility index (Phi) is 5.89. The van der Waals surface area contributed by atoms with E-state index >= 15 is 0 Å². The van der Waals surface area contributed by atoms with Crippen LogP contribution in [0.1, 0.15) is 51.6 Å². The molecular formula is C22H28N2O2S. The van der Waals surface area contributed by atoms with Crippen molar-refractivity contribution in [3.63, 3.8) is 0 Å². The van der Waals surface area contributed by atoms with Gasteiger partial charge in [-0.1, -0.05) is 30.3 Å². The second-order valence-corrected chi connectivity index (χ2v) is 8.85. The molecule has 1 amide bonds. The summed E-state index contributed by atoms with van der Waals surface area (Å²) in [6.07, 6.45) is 5.44. The summed E-state index contributed by atoms with van der Waals surface area (Å²) in [5, 5.41) is 1.03. The molecule has 2 aliphatic heterocycles. The van der Waals surface area contributed by atoms with E-state index in [1.165, 1.54) is 18.4 Å². The molecule has 3 heterocycles. The molecule has 2 saturated heterocycles. The van der Waals surface area contributed by atoms with Crippen LogP contribution in [0.25, 0.3) is 0 Å². The molecule has 0 aliphatic carbocycles. The van der Waals surface area contributed by atoms with Crippen molar-refractivity contribution in [1.82, 2.24) is 9.88 Å². The van der Waals surface area contributed by atoms with Gasteiger partial charge in [0.15, 0.2) is 0 Å². The number of amides is 1. The van der Waals surface area contributed by atoms with E-state index in [1.807, 2.05) is 30.0 Å². The van der Waals surface area contributed by atoms with Crippen LogP contribution >= 0.6 is 11.3 Å². The van der Waals surface area contributed by atoms with Crippen molar-refractivity contribution in [2.75, 3.05) is 26.3 Å². The third-order valence-electron chi connectivity index (χ3n) is 5.99. The number of likely N-dealkylation sites (tertiary alicyclic amines) is 1. The summed E-state index contributed by atoms with van der Waals surface area (Å²) in [6.45, 7) is 5.55. The Morgan fingerprint density at radius 1 is 1.11 bits per heavy atom. The Morgan fingerprint density at radius 3 is 2.48 bits per heavy atom. The van der Waals surface area contributed by atoms with Gasteiger partial charge in [-0.2, -0.15) is 0 Å². The van der Waals surface area contributed by atoms with Crippen LogP contribution in [0.4, 0.5) is 0 Å². The number of rotatable bonds is 4. The maximum atomic E-state index is 13.0. The maximum Gasteiger partial charge on any atom is 0.265 e. The summed E-state index contributed by atoms with van der Waals surface area (Å²) in [6, 6.07) is 10.3. The minimum Gasteiger partial charge on any atom is -0.381 e. The SMILES string of the molecule is Cc1nc(Cc2ccccc2)sc1C(=O)N1CCC(C2CCOCC2)CC1. The average molecular weight is 385 g/mol. The van der Waals surface area contributed by atoms with E-state index in [0.29, 0.717) is 0 Å². The van der Waals surface area contributed by atoms with E-state index in [9.17, 15) is 4.79 Å². The van der Waals surface area contributed by atoms with E-state index in [-0.39, 0.29) is 5.91 Å². The number of aryl methyl sites for hydroxylation is 1. The number of carbonyl (C=O) groups excluding carboxylic acids is 1. The molecule has 4 rings (SSSR count). The van der Waals surface area contributed by atoms with Crippen LogP contribution in [0.2, 0.25) is 0 Å². The summed E-state index contributed by atoms with van der Waals surface area (Å²) in [5.74, 6) is 1.72. The molecule has 0 N–H and O–H groups in total. The summed E-state index contributed by atoms with van der Waals surface area (Å²) in [5.41, 5.74) is 2.12. The molecule has 5 heteroatoms. The largest absolute Gasteiger partial charge is 0.381 e. The van der Waals surface area contributed by atoms with Crippen molar-refractivity contribution in [3.8, 4) is 0 Å². The smallest absolute Gasteiger partial charge is 0.265 e. The molecule has 2 aliphatic rings. The molecule has 0 saturated carbocycles. The number of thiazole rings is 1.